The van der Waals surface area contributed by atoms with Gasteiger partial charge in [0.25, 0.3) is 0 Å². The standard InChI is InChI=1S/C11H9Br2ClO/c1-10(9(14)15)8(11(10,12)13)7-5-3-2-4-6-7/h2-6,8H,1H3/t8-,10+/m1/s1. The maximum Gasteiger partial charge on any atom is 0.230 e. The van der Waals surface area contributed by atoms with Crippen LogP contribution in [0.1, 0.15) is 18.4 Å². The molecular formula is C11H9Br2ClO. The van der Waals surface area contributed by atoms with E-state index in [0.29, 0.717) is 0 Å². The summed E-state index contributed by atoms with van der Waals surface area (Å²) >= 11 is 12.7. The molecule has 1 aromatic carbocycles. The zero-order chi connectivity index (χ0) is 11.3. The quantitative estimate of drug-likeness (QED) is 0.580. The molecule has 1 fully saturated rings. The van der Waals surface area contributed by atoms with Crippen molar-refractivity contribution in [2.45, 2.75) is 16.1 Å². The van der Waals surface area contributed by atoms with Gasteiger partial charge in [0, 0.05) is 5.92 Å². The summed E-state index contributed by atoms with van der Waals surface area (Å²) in [5.41, 5.74) is 0.540. The van der Waals surface area contributed by atoms with Crippen LogP contribution in [0.2, 0.25) is 0 Å². The summed E-state index contributed by atoms with van der Waals surface area (Å²) in [6.07, 6.45) is 0. The zero-order valence-corrected chi connectivity index (χ0v) is 11.9. The number of halogens is 3. The zero-order valence-electron chi connectivity index (χ0n) is 8.01. The lowest BCUT2D eigenvalue weighted by molar-refractivity contribution is -0.115. The van der Waals surface area contributed by atoms with Crippen molar-refractivity contribution in [3.63, 3.8) is 0 Å². The SMILES string of the molecule is C[C@@]1(C(=O)Cl)[C@@H](c2ccccc2)C1(Br)Br. The fraction of sp³-hybridized carbons (Fsp3) is 0.364. The molecule has 0 unspecified atom stereocenters. The summed E-state index contributed by atoms with van der Waals surface area (Å²) in [4.78, 5) is 11.4. The van der Waals surface area contributed by atoms with E-state index < -0.39 is 8.65 Å². The molecule has 0 aliphatic heterocycles. The van der Waals surface area contributed by atoms with E-state index in [2.05, 4.69) is 31.9 Å². The van der Waals surface area contributed by atoms with Crippen molar-refractivity contribution < 1.29 is 4.79 Å². The Hall–Kier alpha value is 0.140. The summed E-state index contributed by atoms with van der Waals surface area (Å²) in [7, 11) is 0. The highest BCUT2D eigenvalue weighted by Gasteiger charge is 2.76. The molecule has 0 radical (unpaired) electrons. The van der Waals surface area contributed by atoms with Crippen molar-refractivity contribution >= 4 is 48.7 Å². The summed E-state index contributed by atoms with van der Waals surface area (Å²) in [6, 6.07) is 9.89. The first kappa shape index (κ1) is 11.6. The predicted molar refractivity (Wildman–Crippen MR) is 68.7 cm³/mol. The Balaban J connectivity index is 2.39. The molecule has 0 amide bonds. The molecule has 1 aromatic rings. The van der Waals surface area contributed by atoms with E-state index in [0.717, 1.165) is 5.56 Å². The molecule has 0 saturated heterocycles. The largest absolute Gasteiger partial charge is 0.281 e. The van der Waals surface area contributed by atoms with Gasteiger partial charge in [0.05, 0.1) is 5.41 Å². The lowest BCUT2D eigenvalue weighted by Gasteiger charge is -2.04. The first-order valence-corrected chi connectivity index (χ1v) is 6.51. The smallest absolute Gasteiger partial charge is 0.230 e. The molecule has 0 N–H and O–H groups in total. The molecule has 15 heavy (non-hydrogen) atoms. The minimum atomic E-state index is -0.574. The number of benzene rings is 1. The molecule has 1 saturated carbocycles. The lowest BCUT2D eigenvalue weighted by Crippen LogP contribution is -2.11. The van der Waals surface area contributed by atoms with Crippen LogP contribution in [0.5, 0.6) is 0 Å². The van der Waals surface area contributed by atoms with Gasteiger partial charge >= 0.3 is 0 Å². The second-order valence-corrected chi connectivity index (χ2v) is 7.85. The Bertz CT molecular complexity index is 404. The fourth-order valence-corrected chi connectivity index (χ4v) is 4.48. The highest BCUT2D eigenvalue weighted by Crippen LogP contribution is 2.76. The van der Waals surface area contributed by atoms with E-state index in [9.17, 15) is 4.79 Å². The third-order valence-electron chi connectivity index (χ3n) is 3.09. The fourth-order valence-electron chi connectivity index (χ4n) is 1.96. The average molecular weight is 352 g/mol. The van der Waals surface area contributed by atoms with Crippen molar-refractivity contribution in [3.8, 4) is 0 Å². The molecule has 2 atom stereocenters. The van der Waals surface area contributed by atoms with Crippen molar-refractivity contribution in [2.75, 3.05) is 0 Å². The van der Waals surface area contributed by atoms with Gasteiger partial charge in [-0.15, -0.1) is 0 Å². The maximum atomic E-state index is 11.4. The Kier molecular flexibility index (Phi) is 2.77. The van der Waals surface area contributed by atoms with E-state index in [1.54, 1.807) is 0 Å². The number of carbonyl (C=O) groups excluding carboxylic acids is 1. The number of carbonyl (C=O) groups is 1. The van der Waals surface area contributed by atoms with Crippen LogP contribution in [0.3, 0.4) is 0 Å². The molecule has 0 heterocycles. The number of hydrogen-bond acceptors (Lipinski definition) is 1. The van der Waals surface area contributed by atoms with E-state index in [4.69, 9.17) is 11.6 Å². The van der Waals surface area contributed by atoms with E-state index >= 15 is 0 Å². The number of alkyl halides is 2. The molecule has 1 aliphatic carbocycles. The van der Waals surface area contributed by atoms with E-state index in [1.807, 2.05) is 37.3 Å². The Morgan fingerprint density at radius 1 is 1.33 bits per heavy atom. The van der Waals surface area contributed by atoms with Gasteiger partial charge in [-0.2, -0.15) is 0 Å². The highest BCUT2D eigenvalue weighted by atomic mass is 79.9. The lowest BCUT2D eigenvalue weighted by atomic mass is 10.0. The summed E-state index contributed by atoms with van der Waals surface area (Å²) in [5, 5.41) is -0.315. The van der Waals surface area contributed by atoms with Crippen LogP contribution >= 0.6 is 43.5 Å². The van der Waals surface area contributed by atoms with Crippen LogP contribution in [-0.4, -0.2) is 8.48 Å². The molecule has 1 aliphatic rings. The molecule has 0 aromatic heterocycles. The molecule has 2 rings (SSSR count). The van der Waals surface area contributed by atoms with E-state index in [-0.39, 0.29) is 11.2 Å². The minimum Gasteiger partial charge on any atom is -0.281 e. The van der Waals surface area contributed by atoms with Gasteiger partial charge in [0.2, 0.25) is 5.24 Å². The van der Waals surface area contributed by atoms with Crippen molar-refractivity contribution in [1.29, 1.82) is 0 Å². The van der Waals surface area contributed by atoms with Gasteiger partial charge in [-0.05, 0) is 24.1 Å². The Morgan fingerprint density at radius 2 is 1.87 bits per heavy atom. The summed E-state index contributed by atoms with van der Waals surface area (Å²) in [6.45, 7) is 1.86. The molecule has 0 bridgehead atoms. The Morgan fingerprint density at radius 3 is 2.27 bits per heavy atom. The second-order valence-electron chi connectivity index (χ2n) is 3.94. The first-order chi connectivity index (χ1) is 6.92. The third kappa shape index (κ3) is 1.51. The average Bonchev–Trinajstić information content (AvgIpc) is 2.64. The van der Waals surface area contributed by atoms with Crippen molar-refractivity contribution in [2.24, 2.45) is 5.41 Å². The second kappa shape index (κ2) is 3.57. The third-order valence-corrected chi connectivity index (χ3v) is 6.05. The van der Waals surface area contributed by atoms with Crippen LogP contribution in [0.4, 0.5) is 0 Å². The maximum absolute atomic E-state index is 11.4. The van der Waals surface area contributed by atoms with Gasteiger partial charge in [-0.25, -0.2) is 0 Å². The minimum absolute atomic E-state index is 0.0798. The van der Waals surface area contributed by atoms with Gasteiger partial charge in [0.15, 0.2) is 0 Å². The van der Waals surface area contributed by atoms with Crippen molar-refractivity contribution in [3.05, 3.63) is 35.9 Å². The molecule has 4 heteroatoms. The van der Waals surface area contributed by atoms with Crippen LogP contribution in [-0.2, 0) is 4.79 Å². The van der Waals surface area contributed by atoms with Crippen LogP contribution < -0.4 is 0 Å². The monoisotopic (exact) mass is 350 g/mol. The van der Waals surface area contributed by atoms with Crippen LogP contribution in [0.25, 0.3) is 0 Å². The predicted octanol–water partition coefficient (Wildman–Crippen LogP) is 4.04. The summed E-state index contributed by atoms with van der Waals surface area (Å²) in [5.74, 6) is 0.0798. The Labute approximate surface area is 110 Å². The highest BCUT2D eigenvalue weighted by molar-refractivity contribution is 9.25. The summed E-state index contributed by atoms with van der Waals surface area (Å²) < 4.78 is -0.410. The number of hydrogen-bond donors (Lipinski definition) is 0. The van der Waals surface area contributed by atoms with Gasteiger partial charge < -0.3 is 0 Å². The number of rotatable bonds is 2. The molecule has 1 nitrogen and oxygen atoms in total. The normalized spacial score (nSPS) is 32.4. The molecule has 80 valence electrons. The van der Waals surface area contributed by atoms with Crippen molar-refractivity contribution in [1.82, 2.24) is 0 Å². The molecule has 0 spiro atoms. The topological polar surface area (TPSA) is 17.1 Å². The van der Waals surface area contributed by atoms with E-state index in [1.165, 1.54) is 0 Å². The van der Waals surface area contributed by atoms with Crippen LogP contribution in [0.15, 0.2) is 30.3 Å². The van der Waals surface area contributed by atoms with Crippen LogP contribution in [0, 0.1) is 5.41 Å². The van der Waals surface area contributed by atoms with Gasteiger partial charge in [-0.1, -0.05) is 62.2 Å². The molecular weight excluding hydrogens is 343 g/mol. The van der Waals surface area contributed by atoms with Gasteiger partial charge in [0.1, 0.15) is 3.23 Å². The van der Waals surface area contributed by atoms with Gasteiger partial charge in [-0.3, -0.25) is 4.79 Å². The first-order valence-electron chi connectivity index (χ1n) is 4.55.